The van der Waals surface area contributed by atoms with E-state index in [1.807, 2.05) is 53.1 Å². The Morgan fingerprint density at radius 1 is 0.345 bits per heavy atom. The second kappa shape index (κ2) is 13.7. The van der Waals surface area contributed by atoms with E-state index < -0.39 is 113 Å². The first kappa shape index (κ1) is 20.0. The van der Waals surface area contributed by atoms with Gasteiger partial charge in [0, 0.05) is 44.2 Å². The highest BCUT2D eigenvalue weighted by molar-refractivity contribution is 6.09. The Labute approximate surface area is 338 Å². The van der Waals surface area contributed by atoms with Gasteiger partial charge >= 0.3 is 0 Å². The zero-order chi connectivity index (χ0) is 49.6. The Balaban J connectivity index is 1.33. The zero-order valence-electron chi connectivity index (χ0n) is 43.4. The predicted octanol–water partition coefficient (Wildman–Crippen LogP) is 11.2. The smallest absolute Gasteiger partial charge is 0.166 e. The molecule has 3 aromatic heterocycles. The minimum atomic E-state index is -0.695. The van der Waals surface area contributed by atoms with Crippen molar-refractivity contribution in [2.24, 2.45) is 0 Å². The molecule has 0 unspecified atom stereocenters. The van der Waals surface area contributed by atoms with E-state index in [4.69, 9.17) is 30.5 Å². The van der Waals surface area contributed by atoms with E-state index in [0.717, 1.165) is 21.8 Å². The quantitative estimate of drug-likeness (QED) is 0.163. The lowest BCUT2D eigenvalue weighted by atomic mass is 10.1. The van der Waals surface area contributed by atoms with Gasteiger partial charge in [-0.1, -0.05) is 157 Å². The van der Waals surface area contributed by atoms with Crippen LogP contribution in [-0.4, -0.2) is 34.5 Å². The number of para-hydroxylation sites is 2. The van der Waals surface area contributed by atoms with Crippen molar-refractivity contribution in [1.29, 1.82) is 0 Å². The van der Waals surface area contributed by atoms with Crippen molar-refractivity contribution in [3.63, 3.8) is 0 Å². The van der Waals surface area contributed by atoms with Gasteiger partial charge < -0.3 is 4.57 Å². The molecule has 0 saturated carbocycles. The number of rotatable bonds is 7. The maximum Gasteiger partial charge on any atom is 0.166 e. The number of benzene rings is 7. The van der Waals surface area contributed by atoms with Crippen LogP contribution in [0.15, 0.2) is 188 Å². The van der Waals surface area contributed by atoms with Gasteiger partial charge in [-0.25, -0.2) is 29.9 Å². The third kappa shape index (κ3) is 5.99. The van der Waals surface area contributed by atoms with Gasteiger partial charge in [0.25, 0.3) is 0 Å². The number of fused-ring (bicyclic) bond motifs is 3. The van der Waals surface area contributed by atoms with Gasteiger partial charge in [0.15, 0.2) is 34.9 Å². The number of nitrogens with zero attached hydrogens (tertiary/aromatic N) is 7. The van der Waals surface area contributed by atoms with Gasteiger partial charge in [-0.15, -0.1) is 0 Å². The first-order valence-corrected chi connectivity index (χ1v) is 16.9. The van der Waals surface area contributed by atoms with Crippen LogP contribution in [0, 0.1) is 0 Å². The fourth-order valence-corrected chi connectivity index (χ4v) is 6.37. The van der Waals surface area contributed by atoms with Crippen LogP contribution >= 0.6 is 0 Å². The van der Waals surface area contributed by atoms with Crippen LogP contribution in [-0.2, 0) is 0 Å². The van der Waals surface area contributed by atoms with Crippen molar-refractivity contribution < 1.29 is 20.6 Å². The van der Waals surface area contributed by atoms with E-state index in [0.29, 0.717) is 11.3 Å². The standard InChI is InChI=1S/C48H31N7/c1-5-17-32(18-6-1)43-49-44(33-19-7-2-8-20-33)52-47(51-43)36-29-30-42(55-40-27-15-13-25-37(40)38-26-14-16-28-41(38)55)39(31-36)48-53-45(34-21-9-3-10-22-34)50-46(54-48)35-23-11-4-12-24-35/h1-31H/i1D,2D,3D,5D,6D,7D,8D,9D,10D,17D,18D,19D,20D,21D,22D. The van der Waals surface area contributed by atoms with Crippen molar-refractivity contribution in [2.75, 3.05) is 0 Å². The van der Waals surface area contributed by atoms with Gasteiger partial charge in [0.2, 0.25) is 0 Å². The molecular weight excluding hydrogens is 675 g/mol. The molecule has 0 fully saturated rings. The molecule has 0 spiro atoms. The second-order valence-electron chi connectivity index (χ2n) is 12.1. The van der Waals surface area contributed by atoms with Crippen LogP contribution in [0.5, 0.6) is 0 Å². The molecule has 10 aromatic rings. The van der Waals surface area contributed by atoms with Crippen molar-refractivity contribution in [1.82, 2.24) is 34.5 Å². The molecule has 0 saturated heterocycles. The minimum absolute atomic E-state index is 0.0416. The summed E-state index contributed by atoms with van der Waals surface area (Å²) in [5.41, 5.74) is 1.76. The summed E-state index contributed by atoms with van der Waals surface area (Å²) in [6.07, 6.45) is 0. The Kier molecular flexibility index (Phi) is 4.99. The predicted molar refractivity (Wildman–Crippen MR) is 220 cm³/mol. The summed E-state index contributed by atoms with van der Waals surface area (Å²) in [6.45, 7) is 0. The lowest BCUT2D eigenvalue weighted by molar-refractivity contribution is 1.06. The Morgan fingerprint density at radius 2 is 0.745 bits per heavy atom. The molecule has 10 rings (SSSR count). The molecule has 55 heavy (non-hydrogen) atoms. The van der Waals surface area contributed by atoms with Gasteiger partial charge in [-0.3, -0.25) is 0 Å². The third-order valence-corrected chi connectivity index (χ3v) is 8.79. The highest BCUT2D eigenvalue weighted by atomic mass is 15.1. The third-order valence-electron chi connectivity index (χ3n) is 8.79. The molecule has 3 heterocycles. The van der Waals surface area contributed by atoms with Crippen molar-refractivity contribution in [2.45, 2.75) is 0 Å². The van der Waals surface area contributed by atoms with Gasteiger partial charge in [0.1, 0.15) is 0 Å². The topological polar surface area (TPSA) is 82.3 Å². The molecule has 0 atom stereocenters. The van der Waals surface area contributed by atoms with Crippen molar-refractivity contribution in [3.8, 4) is 74.0 Å². The maximum absolute atomic E-state index is 8.90. The van der Waals surface area contributed by atoms with Gasteiger partial charge in [-0.05, 0) is 30.3 Å². The average Bonchev–Trinajstić information content (AvgIpc) is 3.71. The number of hydrogen-bond donors (Lipinski definition) is 0. The molecule has 0 amide bonds. The Morgan fingerprint density at radius 3 is 1.24 bits per heavy atom. The second-order valence-corrected chi connectivity index (χ2v) is 12.1. The van der Waals surface area contributed by atoms with Crippen LogP contribution in [0.3, 0.4) is 0 Å². The Hall–Kier alpha value is -7.64. The van der Waals surface area contributed by atoms with E-state index in [-0.39, 0.29) is 40.0 Å². The lowest BCUT2D eigenvalue weighted by Gasteiger charge is -2.16. The SMILES string of the molecule is [2H]c1c([2H])c([2H])c(-c2nc(-c3ccccc3)nc(-c3cc(-c4nc(-c5c([2H])c([2H])c([2H])c([2H])c5[2H])nc(-c5c([2H])c([2H])c([2H])c([2H])c5[2H])n4)ccc3-n3c4ccccc4c4ccccc43)n2)c([2H])c1[2H]. The van der Waals surface area contributed by atoms with Crippen molar-refractivity contribution in [3.05, 3.63) is 188 Å². The minimum Gasteiger partial charge on any atom is -0.309 e. The molecule has 7 nitrogen and oxygen atoms in total. The van der Waals surface area contributed by atoms with Crippen LogP contribution in [0.1, 0.15) is 20.6 Å². The molecule has 7 heteroatoms. The van der Waals surface area contributed by atoms with Crippen LogP contribution < -0.4 is 0 Å². The molecule has 0 bridgehead atoms. The fourth-order valence-electron chi connectivity index (χ4n) is 6.37. The first-order chi connectivity index (χ1) is 33.5. The highest BCUT2D eigenvalue weighted by Crippen LogP contribution is 2.38. The zero-order valence-corrected chi connectivity index (χ0v) is 28.4. The molecule has 0 aliphatic carbocycles. The average molecular weight is 721 g/mol. The van der Waals surface area contributed by atoms with Crippen molar-refractivity contribution >= 4 is 21.8 Å². The van der Waals surface area contributed by atoms with E-state index in [1.165, 1.54) is 0 Å². The fraction of sp³-hybridized carbons (Fsp3) is 0. The van der Waals surface area contributed by atoms with E-state index in [2.05, 4.69) is 19.9 Å². The van der Waals surface area contributed by atoms with Gasteiger partial charge in [0.05, 0.1) is 37.3 Å². The van der Waals surface area contributed by atoms with E-state index >= 15 is 0 Å². The van der Waals surface area contributed by atoms with Crippen LogP contribution in [0.2, 0.25) is 0 Å². The first-order valence-electron chi connectivity index (χ1n) is 24.4. The monoisotopic (exact) mass is 720 g/mol. The van der Waals surface area contributed by atoms with Crippen LogP contribution in [0.25, 0.3) is 95.8 Å². The molecular formula is C48H31N7. The molecule has 0 aliphatic heterocycles. The van der Waals surface area contributed by atoms with Gasteiger partial charge in [-0.2, -0.15) is 0 Å². The number of aromatic nitrogens is 7. The van der Waals surface area contributed by atoms with E-state index in [1.54, 1.807) is 48.5 Å². The van der Waals surface area contributed by atoms with Crippen LogP contribution in [0.4, 0.5) is 0 Å². The summed E-state index contributed by atoms with van der Waals surface area (Å²) in [7, 11) is 0. The summed E-state index contributed by atoms with van der Waals surface area (Å²) in [6, 6.07) is 19.4. The summed E-state index contributed by atoms with van der Waals surface area (Å²) < 4.78 is 131. The Bertz CT molecular complexity index is 3640. The molecule has 0 aliphatic rings. The number of hydrogen-bond acceptors (Lipinski definition) is 6. The largest absolute Gasteiger partial charge is 0.309 e. The normalized spacial score (nSPS) is 15.1. The summed E-state index contributed by atoms with van der Waals surface area (Å²) >= 11 is 0. The van der Waals surface area contributed by atoms with E-state index in [9.17, 15) is 0 Å². The summed E-state index contributed by atoms with van der Waals surface area (Å²) in [5.74, 6) is -1.36. The molecule has 0 N–H and O–H groups in total. The lowest BCUT2D eigenvalue weighted by Crippen LogP contribution is -2.05. The molecule has 0 radical (unpaired) electrons. The highest BCUT2D eigenvalue weighted by Gasteiger charge is 2.21. The maximum atomic E-state index is 8.90. The molecule has 258 valence electrons. The summed E-state index contributed by atoms with van der Waals surface area (Å²) in [5, 5.41) is 1.80. The summed E-state index contributed by atoms with van der Waals surface area (Å²) in [4.78, 5) is 28.2. The molecule has 7 aromatic carbocycles.